The summed E-state index contributed by atoms with van der Waals surface area (Å²) in [5.41, 5.74) is 8.48. The van der Waals surface area contributed by atoms with Gasteiger partial charge in [0.1, 0.15) is 23.3 Å². The van der Waals surface area contributed by atoms with Crippen molar-refractivity contribution in [2.45, 2.75) is 26.3 Å². The number of aryl methyl sites for hydroxylation is 1. The zero-order chi connectivity index (χ0) is 23.1. The van der Waals surface area contributed by atoms with E-state index >= 15 is 0 Å². The number of nitrogens with one attached hydrogen (secondary N) is 2. The second-order valence-corrected chi connectivity index (χ2v) is 8.08. The first-order valence-corrected chi connectivity index (χ1v) is 10.7. The number of aromatic nitrogens is 3. The number of rotatable bonds is 5. The van der Waals surface area contributed by atoms with Crippen molar-refractivity contribution in [3.63, 3.8) is 0 Å². The lowest BCUT2D eigenvalue weighted by Gasteiger charge is -2.22. The van der Waals surface area contributed by atoms with Crippen molar-refractivity contribution in [1.29, 1.82) is 0 Å². The molecule has 7 nitrogen and oxygen atoms in total. The van der Waals surface area contributed by atoms with Gasteiger partial charge in [-0.25, -0.2) is 8.78 Å². The Balaban J connectivity index is 1.63. The molecule has 0 saturated carbocycles. The van der Waals surface area contributed by atoms with Gasteiger partial charge in [-0.3, -0.25) is 9.36 Å². The maximum Gasteiger partial charge on any atom is 0.249 e. The van der Waals surface area contributed by atoms with Crippen LogP contribution in [0.2, 0.25) is 0 Å². The second kappa shape index (κ2) is 8.16. The Morgan fingerprint density at radius 2 is 2.03 bits per heavy atom. The fraction of sp³-hybridized carbons (Fsp3) is 0.208. The molecule has 2 aromatic carbocycles. The summed E-state index contributed by atoms with van der Waals surface area (Å²) in [6.07, 6.45) is 1.73. The molecule has 5 rings (SSSR count). The number of hydrogen-bond acceptors (Lipinski definition) is 5. The highest BCUT2D eigenvalue weighted by atomic mass is 19.1. The van der Waals surface area contributed by atoms with E-state index in [0.29, 0.717) is 35.0 Å². The third kappa shape index (κ3) is 3.86. The maximum atomic E-state index is 14.3. The molecule has 3 heterocycles. The van der Waals surface area contributed by atoms with Gasteiger partial charge in [0.25, 0.3) is 0 Å². The quantitative estimate of drug-likeness (QED) is 0.428. The third-order valence-corrected chi connectivity index (χ3v) is 5.78. The highest BCUT2D eigenvalue weighted by Gasteiger charge is 2.22. The molecule has 0 aliphatic carbocycles. The molecule has 2 aromatic heterocycles. The highest BCUT2D eigenvalue weighted by Crippen LogP contribution is 2.31. The molecule has 0 saturated heterocycles. The Kier molecular flexibility index (Phi) is 5.16. The van der Waals surface area contributed by atoms with Crippen molar-refractivity contribution in [2.75, 3.05) is 17.2 Å². The molecule has 4 N–H and O–H groups in total. The number of nitrogens with two attached hydrogens (primary N) is 1. The topological polar surface area (TPSA) is 97.9 Å². The number of halogens is 2. The largest absolute Gasteiger partial charge is 0.370 e. The average molecular weight is 448 g/mol. The van der Waals surface area contributed by atoms with Gasteiger partial charge in [0.15, 0.2) is 0 Å². The molecule has 0 bridgehead atoms. The van der Waals surface area contributed by atoms with Crippen LogP contribution in [0.1, 0.15) is 33.6 Å². The molecule has 1 aliphatic rings. The van der Waals surface area contributed by atoms with Crippen molar-refractivity contribution >= 4 is 28.4 Å². The Bertz CT molecular complexity index is 1400. The predicted octanol–water partition coefficient (Wildman–Crippen LogP) is 4.08. The van der Waals surface area contributed by atoms with Crippen LogP contribution in [0.25, 0.3) is 16.9 Å². The third-order valence-electron chi connectivity index (χ3n) is 5.78. The molecular formula is C24H22F2N6O. The molecule has 0 atom stereocenters. The summed E-state index contributed by atoms with van der Waals surface area (Å²) < 4.78 is 29.6. The molecule has 168 valence electrons. The molecule has 4 aromatic rings. The van der Waals surface area contributed by atoms with Crippen molar-refractivity contribution < 1.29 is 13.6 Å². The van der Waals surface area contributed by atoms with Crippen LogP contribution in [-0.4, -0.2) is 27.0 Å². The molecule has 0 spiro atoms. The van der Waals surface area contributed by atoms with Crippen LogP contribution in [0, 0.1) is 18.6 Å². The fourth-order valence-corrected chi connectivity index (χ4v) is 4.28. The van der Waals surface area contributed by atoms with Gasteiger partial charge in [0.2, 0.25) is 11.9 Å². The normalized spacial score (nSPS) is 12.9. The minimum atomic E-state index is -0.706. The van der Waals surface area contributed by atoms with Gasteiger partial charge in [-0.2, -0.15) is 9.97 Å². The average Bonchev–Trinajstić information content (AvgIpc) is 3.12. The Morgan fingerprint density at radius 3 is 2.82 bits per heavy atom. The molecule has 33 heavy (non-hydrogen) atoms. The van der Waals surface area contributed by atoms with E-state index in [4.69, 9.17) is 15.7 Å². The van der Waals surface area contributed by atoms with Crippen LogP contribution in [0.15, 0.2) is 42.5 Å². The van der Waals surface area contributed by atoms with Crippen LogP contribution < -0.4 is 16.4 Å². The van der Waals surface area contributed by atoms with Crippen LogP contribution in [0.3, 0.4) is 0 Å². The number of fused-ring (bicyclic) bond motifs is 2. The number of benzene rings is 2. The lowest BCUT2D eigenvalue weighted by Crippen LogP contribution is -2.19. The number of carbonyl (C=O) groups is 1. The standard InChI is InChI=1S/C24H22F2N6O/c1-13-8-18-19(21(27)33)10-16(26)11-20(18)32(13)24-30-22-17(6-3-7-28-22)23(31-24)29-12-14-4-2-5-15(25)9-14/h2,4-5,8-11H,3,6-7,12H2,1H3,(H2,27,33)(H2,28,29,30,31). The van der Waals surface area contributed by atoms with E-state index in [-0.39, 0.29) is 11.4 Å². The van der Waals surface area contributed by atoms with Gasteiger partial charge in [0.05, 0.1) is 11.1 Å². The molecule has 1 amide bonds. The van der Waals surface area contributed by atoms with Gasteiger partial charge in [0, 0.05) is 29.7 Å². The number of hydrogen-bond donors (Lipinski definition) is 3. The first-order chi connectivity index (χ1) is 15.9. The number of anilines is 2. The van der Waals surface area contributed by atoms with Crippen molar-refractivity contribution in [1.82, 2.24) is 14.5 Å². The first-order valence-electron chi connectivity index (χ1n) is 10.7. The summed E-state index contributed by atoms with van der Waals surface area (Å²) in [6, 6.07) is 10.6. The van der Waals surface area contributed by atoms with E-state index in [1.54, 1.807) is 16.7 Å². The van der Waals surface area contributed by atoms with Crippen LogP contribution in [0.5, 0.6) is 0 Å². The van der Waals surface area contributed by atoms with Crippen LogP contribution in [-0.2, 0) is 13.0 Å². The minimum Gasteiger partial charge on any atom is -0.370 e. The Labute approximate surface area is 188 Å². The molecular weight excluding hydrogens is 426 g/mol. The van der Waals surface area contributed by atoms with Gasteiger partial charge < -0.3 is 16.4 Å². The zero-order valence-electron chi connectivity index (χ0n) is 18.0. The zero-order valence-corrected chi connectivity index (χ0v) is 18.0. The maximum absolute atomic E-state index is 14.3. The van der Waals surface area contributed by atoms with E-state index in [0.717, 1.165) is 42.3 Å². The summed E-state index contributed by atoms with van der Waals surface area (Å²) in [5.74, 6) is 0.0693. The van der Waals surface area contributed by atoms with E-state index in [1.807, 2.05) is 13.0 Å². The lowest BCUT2D eigenvalue weighted by molar-refractivity contribution is 0.100. The van der Waals surface area contributed by atoms with Gasteiger partial charge in [-0.15, -0.1) is 0 Å². The van der Waals surface area contributed by atoms with Crippen molar-refractivity contribution in [2.24, 2.45) is 5.73 Å². The summed E-state index contributed by atoms with van der Waals surface area (Å²) in [7, 11) is 0. The monoisotopic (exact) mass is 448 g/mol. The van der Waals surface area contributed by atoms with E-state index < -0.39 is 11.7 Å². The van der Waals surface area contributed by atoms with E-state index in [1.165, 1.54) is 18.2 Å². The highest BCUT2D eigenvalue weighted by molar-refractivity contribution is 6.06. The summed E-state index contributed by atoms with van der Waals surface area (Å²) in [4.78, 5) is 21.3. The molecule has 9 heteroatoms. The van der Waals surface area contributed by atoms with Gasteiger partial charge >= 0.3 is 0 Å². The summed E-state index contributed by atoms with van der Waals surface area (Å²) in [6.45, 7) is 2.99. The summed E-state index contributed by atoms with van der Waals surface area (Å²) in [5, 5.41) is 7.15. The second-order valence-electron chi connectivity index (χ2n) is 8.08. The number of nitrogens with zero attached hydrogens (tertiary/aromatic N) is 3. The van der Waals surface area contributed by atoms with E-state index in [2.05, 4.69) is 10.6 Å². The minimum absolute atomic E-state index is 0.104. The molecule has 0 fully saturated rings. The number of primary amides is 1. The van der Waals surface area contributed by atoms with Gasteiger partial charge in [-0.1, -0.05) is 12.1 Å². The van der Waals surface area contributed by atoms with Crippen LogP contribution in [0.4, 0.5) is 20.4 Å². The lowest BCUT2D eigenvalue weighted by atomic mass is 10.1. The number of carbonyl (C=O) groups excluding carboxylic acids is 1. The number of amides is 1. The Morgan fingerprint density at radius 1 is 1.18 bits per heavy atom. The smallest absolute Gasteiger partial charge is 0.249 e. The summed E-state index contributed by atoms with van der Waals surface area (Å²) >= 11 is 0. The molecule has 0 radical (unpaired) electrons. The fourth-order valence-electron chi connectivity index (χ4n) is 4.28. The first kappa shape index (κ1) is 20.9. The predicted molar refractivity (Wildman–Crippen MR) is 123 cm³/mol. The van der Waals surface area contributed by atoms with E-state index in [9.17, 15) is 13.6 Å². The molecule has 1 aliphatic heterocycles. The van der Waals surface area contributed by atoms with Crippen molar-refractivity contribution in [3.05, 3.63) is 76.5 Å². The van der Waals surface area contributed by atoms with Crippen LogP contribution >= 0.6 is 0 Å². The van der Waals surface area contributed by atoms with Gasteiger partial charge in [-0.05, 0) is 55.7 Å². The Hall–Kier alpha value is -4.01. The molecule has 0 unspecified atom stereocenters. The van der Waals surface area contributed by atoms with Crippen molar-refractivity contribution in [3.8, 4) is 5.95 Å². The SMILES string of the molecule is Cc1cc2c(C(N)=O)cc(F)cc2n1-c1nc2c(c(NCc3cccc(F)c3)n1)CCCN2.